The van der Waals surface area contributed by atoms with Gasteiger partial charge in [-0.1, -0.05) is 194 Å². The molecule has 3 unspecified atom stereocenters. The standard InChI is InChI=1S/C59H44N4O/c1-58(37-19-32-43-42-30-18-31-46(53(42)64-54(43)58)57-61-55(38-20-6-2-7-21-38)60-56(62-57)39-22-8-3-9-23-39)63-49-34-17-15-29-45(49)52-50(63)36-35-48-51(52)44-28-14-16-33-47(44)59(48,40-24-10-4-11-25-40)41-26-12-5-13-27-41/h2-17,19-30,32-36,45,49H,18,31,37H2,1H3. The van der Waals surface area contributed by atoms with E-state index < -0.39 is 11.0 Å². The SMILES string of the molecule is CC1(N2c3ccc4c(c3C3C=CC=CC32)-c2ccccc2C4(c2ccccc2)c2ccccc2)CC=Cc2c1oc1c2=CCCC=1c1nc(-c2ccccc2)nc(-c2ccccc2)n1. The van der Waals surface area contributed by atoms with Crippen LogP contribution in [0.2, 0.25) is 0 Å². The highest BCUT2D eigenvalue weighted by Gasteiger charge is 2.54. The quantitative estimate of drug-likeness (QED) is 0.167. The van der Waals surface area contributed by atoms with E-state index >= 15 is 0 Å². The van der Waals surface area contributed by atoms with Crippen molar-refractivity contribution in [2.45, 2.75) is 49.1 Å². The van der Waals surface area contributed by atoms with Crippen molar-refractivity contribution in [1.82, 2.24) is 15.0 Å². The van der Waals surface area contributed by atoms with Crippen LogP contribution in [0.1, 0.15) is 77.1 Å². The van der Waals surface area contributed by atoms with E-state index in [1.54, 1.807) is 0 Å². The van der Waals surface area contributed by atoms with Gasteiger partial charge in [0.15, 0.2) is 17.5 Å². The molecule has 0 radical (unpaired) electrons. The Kier molecular flexibility index (Phi) is 8.20. The lowest BCUT2D eigenvalue weighted by atomic mass is 9.67. The third-order valence-corrected chi connectivity index (χ3v) is 14.4. The van der Waals surface area contributed by atoms with Crippen LogP contribution in [-0.4, -0.2) is 21.0 Å². The molecule has 306 valence electrons. The van der Waals surface area contributed by atoms with Crippen molar-refractivity contribution >= 4 is 23.4 Å². The summed E-state index contributed by atoms with van der Waals surface area (Å²) in [4.78, 5) is 18.1. The third kappa shape index (κ3) is 5.21. The van der Waals surface area contributed by atoms with Crippen LogP contribution in [0.4, 0.5) is 5.69 Å². The molecule has 2 aromatic heterocycles. The van der Waals surface area contributed by atoms with Gasteiger partial charge in [-0.2, -0.15) is 0 Å². The zero-order chi connectivity index (χ0) is 42.4. The van der Waals surface area contributed by atoms with Gasteiger partial charge < -0.3 is 9.32 Å². The molecule has 0 bridgehead atoms. The van der Waals surface area contributed by atoms with Crippen molar-refractivity contribution in [3.63, 3.8) is 0 Å². The minimum atomic E-state index is -0.504. The van der Waals surface area contributed by atoms with E-state index in [0.29, 0.717) is 17.5 Å². The second-order valence-electron chi connectivity index (χ2n) is 17.8. The van der Waals surface area contributed by atoms with E-state index in [2.05, 4.69) is 176 Å². The summed E-state index contributed by atoms with van der Waals surface area (Å²) in [5.41, 5.74) is 14.5. The van der Waals surface area contributed by atoms with E-state index in [1.807, 2.05) is 36.4 Å². The van der Waals surface area contributed by atoms with Crippen LogP contribution in [0, 0.1) is 0 Å². The Hall–Kier alpha value is -7.63. The second kappa shape index (κ2) is 14.2. The first-order valence-electron chi connectivity index (χ1n) is 22.6. The molecule has 0 saturated carbocycles. The summed E-state index contributed by atoms with van der Waals surface area (Å²) < 4.78 is 7.40. The van der Waals surface area contributed by atoms with E-state index in [4.69, 9.17) is 19.4 Å². The molecule has 0 amide bonds. The number of hydrogen-bond acceptors (Lipinski definition) is 5. The van der Waals surface area contributed by atoms with E-state index in [1.165, 1.54) is 44.6 Å². The molecule has 5 heteroatoms. The number of nitrogens with zero attached hydrogens (tertiary/aromatic N) is 4. The average molecular weight is 825 g/mol. The maximum absolute atomic E-state index is 7.40. The van der Waals surface area contributed by atoms with Crippen molar-refractivity contribution < 1.29 is 4.42 Å². The van der Waals surface area contributed by atoms with E-state index in [0.717, 1.165) is 57.9 Å². The second-order valence-corrected chi connectivity index (χ2v) is 17.8. The first-order valence-corrected chi connectivity index (χ1v) is 22.6. The number of fused-ring (bicyclic) bond motifs is 10. The summed E-state index contributed by atoms with van der Waals surface area (Å²) in [6.45, 7) is 2.39. The van der Waals surface area contributed by atoms with Gasteiger partial charge in [0.05, 0.1) is 17.0 Å². The molecular formula is C59H44N4O. The number of anilines is 1. The van der Waals surface area contributed by atoms with E-state index in [9.17, 15) is 0 Å². The number of allylic oxidation sites excluding steroid dienone is 2. The summed E-state index contributed by atoms with van der Waals surface area (Å²) in [7, 11) is 0. The molecule has 3 heterocycles. The van der Waals surface area contributed by atoms with Gasteiger partial charge in [-0.05, 0) is 71.2 Å². The Morgan fingerprint density at radius 2 is 1.23 bits per heavy atom. The molecule has 4 aliphatic carbocycles. The highest BCUT2D eigenvalue weighted by Crippen LogP contribution is 2.62. The fourth-order valence-corrected chi connectivity index (χ4v) is 11.7. The Bertz CT molecular complexity index is 3290. The van der Waals surface area contributed by atoms with Crippen molar-refractivity contribution in [3.8, 4) is 33.9 Å². The van der Waals surface area contributed by atoms with Gasteiger partial charge in [0.1, 0.15) is 11.2 Å². The molecule has 6 aromatic carbocycles. The number of furan rings is 1. The summed E-state index contributed by atoms with van der Waals surface area (Å²) in [5, 5.41) is 1.13. The van der Waals surface area contributed by atoms with Gasteiger partial charge in [0.25, 0.3) is 0 Å². The number of rotatable bonds is 6. The maximum atomic E-state index is 7.40. The van der Waals surface area contributed by atoms with Crippen LogP contribution in [0.15, 0.2) is 193 Å². The van der Waals surface area contributed by atoms with Gasteiger partial charge in [0, 0.05) is 39.1 Å². The zero-order valence-electron chi connectivity index (χ0n) is 35.5. The first kappa shape index (κ1) is 37.0. The maximum Gasteiger partial charge on any atom is 0.164 e. The monoisotopic (exact) mass is 824 g/mol. The molecule has 64 heavy (non-hydrogen) atoms. The first-order chi connectivity index (χ1) is 31.6. The lowest BCUT2D eigenvalue weighted by Gasteiger charge is -2.44. The Labute approximate surface area is 372 Å². The minimum absolute atomic E-state index is 0.0893. The highest BCUT2D eigenvalue weighted by molar-refractivity contribution is 5.93. The van der Waals surface area contributed by atoms with Crippen molar-refractivity contribution in [1.29, 1.82) is 0 Å². The largest absolute Gasteiger partial charge is 0.457 e. The predicted molar refractivity (Wildman–Crippen MR) is 257 cm³/mol. The fraction of sp³-hybridized carbons (Fsp3) is 0.136. The van der Waals surface area contributed by atoms with Gasteiger partial charge in [-0.15, -0.1) is 0 Å². The zero-order valence-corrected chi connectivity index (χ0v) is 35.5. The molecule has 0 N–H and O–H groups in total. The molecule has 0 saturated heterocycles. The lowest BCUT2D eigenvalue weighted by molar-refractivity contribution is 0.321. The lowest BCUT2D eigenvalue weighted by Crippen LogP contribution is -2.49. The number of hydrogen-bond donors (Lipinski definition) is 0. The van der Waals surface area contributed by atoms with Crippen LogP contribution in [0.3, 0.4) is 0 Å². The smallest absolute Gasteiger partial charge is 0.164 e. The van der Waals surface area contributed by atoms with Crippen molar-refractivity contribution in [3.05, 3.63) is 244 Å². The van der Waals surface area contributed by atoms with Gasteiger partial charge in [-0.3, -0.25) is 0 Å². The molecule has 5 aliphatic rings. The fourth-order valence-electron chi connectivity index (χ4n) is 11.7. The predicted octanol–water partition coefficient (Wildman–Crippen LogP) is 11.7. The Morgan fingerprint density at radius 1 is 0.625 bits per heavy atom. The molecule has 13 rings (SSSR count). The van der Waals surface area contributed by atoms with Crippen LogP contribution in [-0.2, 0) is 11.0 Å². The van der Waals surface area contributed by atoms with Crippen LogP contribution in [0.25, 0.3) is 51.6 Å². The molecule has 1 aliphatic heterocycles. The van der Waals surface area contributed by atoms with Crippen LogP contribution in [0.5, 0.6) is 0 Å². The van der Waals surface area contributed by atoms with Crippen molar-refractivity contribution in [2.24, 2.45) is 0 Å². The molecule has 8 aromatic rings. The summed E-state index contributed by atoms with van der Waals surface area (Å²) >= 11 is 0. The van der Waals surface area contributed by atoms with Crippen LogP contribution >= 0.6 is 0 Å². The summed E-state index contributed by atoms with van der Waals surface area (Å²) in [6, 6.07) is 56.8. The molecule has 3 atom stereocenters. The normalized spacial score (nSPS) is 20.5. The Balaban J connectivity index is 1.02. The van der Waals surface area contributed by atoms with E-state index in [-0.39, 0.29) is 12.0 Å². The van der Waals surface area contributed by atoms with Gasteiger partial charge >= 0.3 is 0 Å². The Morgan fingerprint density at radius 3 is 1.92 bits per heavy atom. The van der Waals surface area contributed by atoms with Crippen LogP contribution < -0.4 is 15.5 Å². The van der Waals surface area contributed by atoms with Gasteiger partial charge in [0.2, 0.25) is 0 Å². The average Bonchev–Trinajstić information content (AvgIpc) is 4.03. The molecular weight excluding hydrogens is 781 g/mol. The molecule has 0 spiro atoms. The van der Waals surface area contributed by atoms with Gasteiger partial charge in [-0.25, -0.2) is 15.0 Å². The molecule has 5 nitrogen and oxygen atoms in total. The number of benzene rings is 6. The topological polar surface area (TPSA) is 55.1 Å². The third-order valence-electron chi connectivity index (χ3n) is 14.4. The number of aromatic nitrogens is 3. The minimum Gasteiger partial charge on any atom is -0.457 e. The summed E-state index contributed by atoms with van der Waals surface area (Å²) in [6.07, 6.45) is 18.8. The summed E-state index contributed by atoms with van der Waals surface area (Å²) in [5.74, 6) is 3.12. The molecule has 0 fully saturated rings. The highest BCUT2D eigenvalue weighted by atomic mass is 16.3. The van der Waals surface area contributed by atoms with Crippen molar-refractivity contribution in [2.75, 3.05) is 4.90 Å².